The van der Waals surface area contributed by atoms with E-state index >= 15 is 0 Å². The van der Waals surface area contributed by atoms with Gasteiger partial charge in [0, 0.05) is 32.6 Å². The maximum atomic E-state index is 12.9. The summed E-state index contributed by atoms with van der Waals surface area (Å²) in [6.07, 6.45) is 9.10. The molecule has 2 aromatic rings. The Morgan fingerprint density at radius 3 is 2.81 bits per heavy atom. The molecule has 1 aromatic heterocycles. The van der Waals surface area contributed by atoms with Gasteiger partial charge in [0.15, 0.2) is 0 Å². The third-order valence-corrected chi connectivity index (χ3v) is 7.20. The van der Waals surface area contributed by atoms with Crippen molar-refractivity contribution < 1.29 is 14.3 Å². The summed E-state index contributed by atoms with van der Waals surface area (Å²) in [5, 5.41) is 0. The average molecular weight is 437 g/mol. The zero-order valence-electron chi connectivity index (χ0n) is 18.8. The first kappa shape index (κ1) is 21.2. The summed E-state index contributed by atoms with van der Waals surface area (Å²) in [5.74, 6) is 1.66. The Morgan fingerprint density at radius 2 is 2.03 bits per heavy atom. The van der Waals surface area contributed by atoms with Crippen molar-refractivity contribution >= 4 is 22.8 Å². The molecular weight excluding hydrogens is 404 g/mol. The summed E-state index contributed by atoms with van der Waals surface area (Å²) < 4.78 is 6.20. The van der Waals surface area contributed by atoms with Gasteiger partial charge in [0.05, 0.1) is 29.7 Å². The molecule has 3 aliphatic rings. The molecule has 1 unspecified atom stereocenters. The molecule has 7 heteroatoms. The van der Waals surface area contributed by atoms with Crippen LogP contribution in [0.4, 0.5) is 0 Å². The Balaban J connectivity index is 1.16. The van der Waals surface area contributed by atoms with Gasteiger partial charge in [-0.25, -0.2) is 4.98 Å². The van der Waals surface area contributed by atoms with E-state index in [2.05, 4.69) is 22.1 Å². The number of nitrogens with zero attached hydrogens (tertiary/aromatic N) is 3. The van der Waals surface area contributed by atoms with Crippen LogP contribution in [0.3, 0.4) is 0 Å². The van der Waals surface area contributed by atoms with Crippen LogP contribution in [0.25, 0.3) is 11.0 Å². The van der Waals surface area contributed by atoms with Gasteiger partial charge in [-0.05, 0) is 56.2 Å². The van der Waals surface area contributed by atoms with Crippen LogP contribution in [-0.2, 0) is 20.7 Å². The first-order valence-corrected chi connectivity index (χ1v) is 11.8. The van der Waals surface area contributed by atoms with Crippen LogP contribution >= 0.6 is 0 Å². The molecule has 7 nitrogen and oxygen atoms in total. The summed E-state index contributed by atoms with van der Waals surface area (Å²) in [6, 6.07) is 5.97. The molecular formula is C25H32N4O3. The van der Waals surface area contributed by atoms with E-state index in [9.17, 15) is 9.59 Å². The van der Waals surface area contributed by atoms with Crippen LogP contribution in [0.2, 0.25) is 0 Å². The van der Waals surface area contributed by atoms with Gasteiger partial charge in [-0.2, -0.15) is 0 Å². The van der Waals surface area contributed by atoms with Gasteiger partial charge in [0.2, 0.25) is 11.8 Å². The van der Waals surface area contributed by atoms with E-state index in [4.69, 9.17) is 4.74 Å². The van der Waals surface area contributed by atoms with Crippen molar-refractivity contribution in [1.29, 1.82) is 0 Å². The molecule has 0 bridgehead atoms. The summed E-state index contributed by atoms with van der Waals surface area (Å²) in [4.78, 5) is 37.4. The fourth-order valence-corrected chi connectivity index (χ4v) is 5.32. The maximum absolute atomic E-state index is 12.9. The number of piperidine rings is 1. The maximum Gasteiger partial charge on any atom is 0.226 e. The number of aryl methyl sites for hydroxylation is 1. The minimum Gasteiger partial charge on any atom is -0.371 e. The van der Waals surface area contributed by atoms with Crippen molar-refractivity contribution in [2.24, 2.45) is 5.92 Å². The minimum absolute atomic E-state index is 0.146. The third-order valence-electron chi connectivity index (χ3n) is 7.20. The summed E-state index contributed by atoms with van der Waals surface area (Å²) >= 11 is 0. The van der Waals surface area contributed by atoms with Crippen molar-refractivity contribution in [3.8, 4) is 0 Å². The van der Waals surface area contributed by atoms with Crippen molar-refractivity contribution in [1.82, 2.24) is 19.8 Å². The van der Waals surface area contributed by atoms with E-state index in [1.807, 2.05) is 34.9 Å². The lowest BCUT2D eigenvalue weighted by atomic mass is 9.88. The molecule has 2 saturated heterocycles. The van der Waals surface area contributed by atoms with Crippen molar-refractivity contribution in [2.45, 2.75) is 51.0 Å². The molecule has 0 saturated carbocycles. The number of nitrogens with one attached hydrogen (secondary N) is 1. The number of H-pyrrole nitrogens is 1. The standard InChI is InChI=1S/C25H32N4O3/c1-18-26-21-7-6-20(14-22(21)27-18)16-23(30)28-10-8-25(9-11-28)17-29(12-13-32-25)24(31)15-19-4-2-3-5-19/h2,4,6-7,14,19H,3,5,8-13,15-17H2,1H3,(H,26,27). The number of ether oxygens (including phenoxy) is 1. The van der Waals surface area contributed by atoms with Crippen LogP contribution in [0, 0.1) is 12.8 Å². The summed E-state index contributed by atoms with van der Waals surface area (Å²) in [7, 11) is 0. The first-order valence-electron chi connectivity index (χ1n) is 11.8. The van der Waals surface area contributed by atoms with E-state index in [1.54, 1.807) is 0 Å². The SMILES string of the molecule is Cc1nc2ccc(CC(=O)N3CCC4(CC3)CN(C(=O)CC3C=CCC3)CCO4)cc2[nH]1. The Bertz CT molecular complexity index is 1030. The van der Waals surface area contributed by atoms with Crippen LogP contribution in [-0.4, -0.2) is 70.0 Å². The lowest BCUT2D eigenvalue weighted by molar-refractivity contribution is -0.163. The predicted molar refractivity (Wildman–Crippen MR) is 122 cm³/mol. The highest BCUT2D eigenvalue weighted by Gasteiger charge is 2.41. The second-order valence-electron chi connectivity index (χ2n) is 9.55. The van der Waals surface area contributed by atoms with Gasteiger partial charge in [0.25, 0.3) is 0 Å². The minimum atomic E-state index is -0.303. The number of imidazole rings is 1. The van der Waals surface area contributed by atoms with Crippen molar-refractivity contribution in [3.05, 3.63) is 41.7 Å². The number of aromatic nitrogens is 2. The van der Waals surface area contributed by atoms with E-state index in [1.165, 1.54) is 0 Å². The number of benzene rings is 1. The Morgan fingerprint density at radius 1 is 1.19 bits per heavy atom. The number of likely N-dealkylation sites (tertiary alicyclic amines) is 1. The summed E-state index contributed by atoms with van der Waals surface area (Å²) in [6.45, 7) is 5.21. The number of fused-ring (bicyclic) bond motifs is 1. The number of hydrogen-bond donors (Lipinski definition) is 1. The normalized spacial score (nSPS) is 22.7. The molecule has 1 spiro atoms. The lowest BCUT2D eigenvalue weighted by Gasteiger charge is -2.47. The molecule has 2 amide bonds. The van der Waals surface area contributed by atoms with E-state index in [-0.39, 0.29) is 17.4 Å². The number of carbonyl (C=O) groups excluding carboxylic acids is 2. The van der Waals surface area contributed by atoms with Crippen LogP contribution < -0.4 is 0 Å². The molecule has 0 radical (unpaired) electrons. The first-order chi connectivity index (χ1) is 15.5. The van der Waals surface area contributed by atoms with Crippen LogP contribution in [0.5, 0.6) is 0 Å². The number of carbonyl (C=O) groups is 2. The van der Waals surface area contributed by atoms with E-state index < -0.39 is 0 Å². The van der Waals surface area contributed by atoms with Crippen LogP contribution in [0.1, 0.15) is 43.5 Å². The molecule has 170 valence electrons. The van der Waals surface area contributed by atoms with Crippen molar-refractivity contribution in [2.75, 3.05) is 32.8 Å². The number of aromatic amines is 1. The van der Waals surface area contributed by atoms with Crippen molar-refractivity contribution in [3.63, 3.8) is 0 Å². The van der Waals surface area contributed by atoms with E-state index in [0.29, 0.717) is 51.5 Å². The topological polar surface area (TPSA) is 78.5 Å². The fourth-order valence-electron chi connectivity index (χ4n) is 5.32. The van der Waals surface area contributed by atoms with Gasteiger partial charge in [0.1, 0.15) is 5.82 Å². The molecule has 1 atom stereocenters. The molecule has 1 aliphatic carbocycles. The van der Waals surface area contributed by atoms with Gasteiger partial charge in [-0.3, -0.25) is 9.59 Å². The predicted octanol–water partition coefficient (Wildman–Crippen LogP) is 2.99. The molecule has 1 N–H and O–H groups in total. The largest absolute Gasteiger partial charge is 0.371 e. The monoisotopic (exact) mass is 436 g/mol. The number of allylic oxidation sites excluding steroid dienone is 2. The van der Waals surface area contributed by atoms with Gasteiger partial charge in [-0.15, -0.1) is 0 Å². The smallest absolute Gasteiger partial charge is 0.226 e. The average Bonchev–Trinajstić information content (AvgIpc) is 3.42. The number of rotatable bonds is 4. The molecule has 5 rings (SSSR count). The van der Waals surface area contributed by atoms with Gasteiger partial charge >= 0.3 is 0 Å². The quantitative estimate of drug-likeness (QED) is 0.748. The second kappa shape index (κ2) is 8.70. The Hall–Kier alpha value is -2.67. The third kappa shape index (κ3) is 4.44. The number of amides is 2. The highest BCUT2D eigenvalue weighted by atomic mass is 16.5. The lowest BCUT2D eigenvalue weighted by Crippen LogP contribution is -2.58. The summed E-state index contributed by atoms with van der Waals surface area (Å²) in [5.41, 5.74) is 2.59. The fraction of sp³-hybridized carbons (Fsp3) is 0.560. The molecule has 32 heavy (non-hydrogen) atoms. The Kier molecular flexibility index (Phi) is 5.76. The number of hydrogen-bond acceptors (Lipinski definition) is 4. The zero-order chi connectivity index (χ0) is 22.1. The molecule has 1 aromatic carbocycles. The van der Waals surface area contributed by atoms with Crippen LogP contribution in [0.15, 0.2) is 30.4 Å². The molecule has 2 aliphatic heterocycles. The van der Waals surface area contributed by atoms with Gasteiger partial charge < -0.3 is 19.5 Å². The molecule has 3 heterocycles. The highest BCUT2D eigenvalue weighted by Crippen LogP contribution is 2.31. The zero-order valence-corrected chi connectivity index (χ0v) is 18.8. The van der Waals surface area contributed by atoms with E-state index in [0.717, 1.165) is 48.1 Å². The van der Waals surface area contributed by atoms with Gasteiger partial charge in [-0.1, -0.05) is 18.2 Å². The number of morpholine rings is 1. The molecule has 2 fully saturated rings. The Labute approximate surface area is 188 Å². The second-order valence-corrected chi connectivity index (χ2v) is 9.55. The highest BCUT2D eigenvalue weighted by molar-refractivity contribution is 5.82.